The molecule has 1 fully saturated rings. The number of anilines is 1. The first-order chi connectivity index (χ1) is 10.1. The minimum absolute atomic E-state index is 0.169. The number of aromatic nitrogens is 5. The summed E-state index contributed by atoms with van der Waals surface area (Å²) in [5.41, 5.74) is -0.207. The largest absolute Gasteiger partial charge is 0.343 e. The third kappa shape index (κ3) is 2.79. The van der Waals surface area contributed by atoms with Gasteiger partial charge in [0.15, 0.2) is 5.82 Å². The van der Waals surface area contributed by atoms with Crippen molar-refractivity contribution in [2.45, 2.75) is 18.8 Å². The summed E-state index contributed by atoms with van der Waals surface area (Å²) in [5, 5.41) is 9.22. The molecule has 0 radical (unpaired) electrons. The van der Waals surface area contributed by atoms with Gasteiger partial charge < -0.3 is 4.90 Å². The van der Waals surface area contributed by atoms with Crippen molar-refractivity contribution < 1.29 is 4.79 Å². The molecule has 3 heterocycles. The average molecular weight is 309 g/mol. The molecule has 2 amide bonds. The summed E-state index contributed by atoms with van der Waals surface area (Å²) in [6.07, 6.45) is 3.08. The Balaban J connectivity index is 1.59. The number of piperidine rings is 1. The molecular weight excluding hydrogens is 294 g/mol. The van der Waals surface area contributed by atoms with Crippen LogP contribution < -0.4 is 11.0 Å². The number of aromatic amines is 1. The maximum Gasteiger partial charge on any atom is 0.343 e. The Bertz CT molecular complexity index is 669. The number of likely N-dealkylation sites (tertiary alicyclic amines) is 1. The van der Waals surface area contributed by atoms with Gasteiger partial charge in [-0.3, -0.25) is 9.88 Å². The number of hydrogen-bond acceptors (Lipinski definition) is 6. The lowest BCUT2D eigenvalue weighted by Gasteiger charge is -2.31. The zero-order valence-electron chi connectivity index (χ0n) is 11.4. The van der Waals surface area contributed by atoms with Gasteiger partial charge >= 0.3 is 11.7 Å². The summed E-state index contributed by atoms with van der Waals surface area (Å²) in [6, 6.07) is -0.169. The van der Waals surface area contributed by atoms with Crippen molar-refractivity contribution in [1.29, 1.82) is 0 Å². The summed E-state index contributed by atoms with van der Waals surface area (Å²) >= 11 is 1.05. The zero-order valence-corrected chi connectivity index (χ0v) is 12.3. The monoisotopic (exact) mass is 309 g/mol. The Morgan fingerprint density at radius 1 is 1.48 bits per heavy atom. The number of nitrogens with zero attached hydrogens (tertiary/aromatic N) is 5. The lowest BCUT2D eigenvalue weighted by atomic mass is 9.96. The van der Waals surface area contributed by atoms with E-state index in [9.17, 15) is 9.59 Å². The fraction of sp³-hybridized carbons (Fsp3) is 0.545. The van der Waals surface area contributed by atoms with Gasteiger partial charge in [0.25, 0.3) is 0 Å². The summed E-state index contributed by atoms with van der Waals surface area (Å²) in [6.45, 7) is 1.24. The fourth-order valence-corrected chi connectivity index (χ4v) is 2.85. The molecule has 1 aliphatic heterocycles. The van der Waals surface area contributed by atoms with Crippen molar-refractivity contribution in [3.63, 3.8) is 0 Å². The number of amides is 2. The van der Waals surface area contributed by atoms with Crippen LogP contribution in [0.3, 0.4) is 0 Å². The maximum atomic E-state index is 12.1. The molecule has 112 valence electrons. The van der Waals surface area contributed by atoms with Crippen LogP contribution in [-0.4, -0.2) is 47.5 Å². The van der Waals surface area contributed by atoms with Crippen LogP contribution in [0, 0.1) is 0 Å². The summed E-state index contributed by atoms with van der Waals surface area (Å²) in [7, 11) is 1.70. The molecule has 2 aromatic rings. The van der Waals surface area contributed by atoms with E-state index in [1.165, 1.54) is 10.8 Å². The van der Waals surface area contributed by atoms with Gasteiger partial charge in [0.2, 0.25) is 0 Å². The second kappa shape index (κ2) is 5.64. The van der Waals surface area contributed by atoms with Crippen LogP contribution in [0.1, 0.15) is 24.6 Å². The van der Waals surface area contributed by atoms with Crippen LogP contribution in [0.5, 0.6) is 0 Å². The van der Waals surface area contributed by atoms with Crippen molar-refractivity contribution in [2.24, 2.45) is 7.05 Å². The summed E-state index contributed by atoms with van der Waals surface area (Å²) in [4.78, 5) is 25.2. The lowest BCUT2D eigenvalue weighted by Crippen LogP contribution is -2.41. The Morgan fingerprint density at radius 2 is 2.24 bits per heavy atom. The average Bonchev–Trinajstić information content (AvgIpc) is 3.11. The second-order valence-corrected chi connectivity index (χ2v) is 5.49. The molecule has 0 unspecified atom stereocenters. The van der Waals surface area contributed by atoms with Crippen LogP contribution >= 0.6 is 11.7 Å². The van der Waals surface area contributed by atoms with Crippen molar-refractivity contribution >= 4 is 23.6 Å². The van der Waals surface area contributed by atoms with Crippen LogP contribution in [-0.2, 0) is 7.05 Å². The Labute approximate surface area is 124 Å². The van der Waals surface area contributed by atoms with E-state index in [0.29, 0.717) is 18.9 Å². The predicted molar refractivity (Wildman–Crippen MR) is 76.3 cm³/mol. The number of hydrogen-bond donors (Lipinski definition) is 2. The highest BCUT2D eigenvalue weighted by molar-refractivity contribution is 6.99. The molecule has 2 aromatic heterocycles. The topological polar surface area (TPSA) is 109 Å². The van der Waals surface area contributed by atoms with E-state index in [1.54, 1.807) is 11.9 Å². The zero-order chi connectivity index (χ0) is 14.8. The van der Waals surface area contributed by atoms with Gasteiger partial charge in [-0.15, -0.1) is 0 Å². The molecule has 3 rings (SSSR count). The SMILES string of the molecule is Cn1c(C2CCN(C(=O)Nc3cnsn3)CC2)n[nH]c1=O. The van der Waals surface area contributed by atoms with Gasteiger partial charge in [0.1, 0.15) is 5.82 Å². The smallest absolute Gasteiger partial charge is 0.324 e. The Hall–Kier alpha value is -2.23. The molecule has 1 aliphatic rings. The van der Waals surface area contributed by atoms with E-state index in [-0.39, 0.29) is 17.6 Å². The summed E-state index contributed by atoms with van der Waals surface area (Å²) in [5.74, 6) is 1.42. The van der Waals surface area contributed by atoms with E-state index in [2.05, 4.69) is 24.3 Å². The number of carbonyl (C=O) groups is 1. The van der Waals surface area contributed by atoms with Crippen LogP contribution in [0.2, 0.25) is 0 Å². The van der Waals surface area contributed by atoms with E-state index in [4.69, 9.17) is 0 Å². The van der Waals surface area contributed by atoms with E-state index >= 15 is 0 Å². The van der Waals surface area contributed by atoms with Crippen LogP contribution in [0.4, 0.5) is 10.6 Å². The molecule has 0 bridgehead atoms. The molecular formula is C11H15N7O2S. The van der Waals surface area contributed by atoms with Crippen molar-refractivity contribution in [1.82, 2.24) is 28.4 Å². The minimum atomic E-state index is -0.207. The van der Waals surface area contributed by atoms with E-state index in [0.717, 1.165) is 30.4 Å². The van der Waals surface area contributed by atoms with Crippen molar-refractivity contribution in [3.05, 3.63) is 22.5 Å². The van der Waals surface area contributed by atoms with Gasteiger partial charge in [0.05, 0.1) is 17.9 Å². The predicted octanol–water partition coefficient (Wildman–Crippen LogP) is 0.371. The molecule has 0 aliphatic carbocycles. The number of rotatable bonds is 2. The molecule has 21 heavy (non-hydrogen) atoms. The second-order valence-electron chi connectivity index (χ2n) is 4.93. The van der Waals surface area contributed by atoms with Crippen molar-refractivity contribution in [3.8, 4) is 0 Å². The first-order valence-corrected chi connectivity index (χ1v) is 7.33. The quantitative estimate of drug-likeness (QED) is 0.833. The molecule has 1 saturated heterocycles. The standard InChI is InChI=1S/C11H15N7O2S/c1-17-9(14-15-11(17)20)7-2-4-18(5-3-7)10(19)13-8-6-12-21-16-8/h6-7H,2-5H2,1H3,(H,15,20)(H,13,16,19). The highest BCUT2D eigenvalue weighted by Gasteiger charge is 2.27. The van der Waals surface area contributed by atoms with E-state index < -0.39 is 0 Å². The first kappa shape index (κ1) is 13.7. The van der Waals surface area contributed by atoms with Gasteiger partial charge in [0, 0.05) is 26.1 Å². The molecule has 10 heteroatoms. The molecule has 0 atom stereocenters. The molecule has 0 spiro atoms. The van der Waals surface area contributed by atoms with Gasteiger partial charge in [-0.1, -0.05) is 0 Å². The maximum absolute atomic E-state index is 12.1. The number of carbonyl (C=O) groups excluding carboxylic acids is 1. The fourth-order valence-electron chi connectivity index (χ4n) is 2.47. The molecule has 0 aromatic carbocycles. The first-order valence-electron chi connectivity index (χ1n) is 6.60. The van der Waals surface area contributed by atoms with Gasteiger partial charge in [-0.25, -0.2) is 14.7 Å². The van der Waals surface area contributed by atoms with Crippen LogP contribution in [0.15, 0.2) is 11.0 Å². The number of nitrogens with one attached hydrogen (secondary N) is 2. The third-order valence-electron chi connectivity index (χ3n) is 3.66. The van der Waals surface area contributed by atoms with Crippen molar-refractivity contribution in [2.75, 3.05) is 18.4 Å². The van der Waals surface area contributed by atoms with E-state index in [1.807, 2.05) is 0 Å². The number of urea groups is 1. The highest BCUT2D eigenvalue weighted by atomic mass is 32.1. The van der Waals surface area contributed by atoms with Gasteiger partial charge in [-0.2, -0.15) is 13.8 Å². The Kier molecular flexibility index (Phi) is 3.69. The van der Waals surface area contributed by atoms with Crippen LogP contribution in [0.25, 0.3) is 0 Å². The normalized spacial score (nSPS) is 16.1. The lowest BCUT2D eigenvalue weighted by molar-refractivity contribution is 0.193. The molecule has 0 saturated carbocycles. The molecule has 9 nitrogen and oxygen atoms in total. The highest BCUT2D eigenvalue weighted by Crippen LogP contribution is 2.25. The third-order valence-corrected chi connectivity index (χ3v) is 4.14. The minimum Gasteiger partial charge on any atom is -0.324 e. The molecule has 2 N–H and O–H groups in total. The van der Waals surface area contributed by atoms with Gasteiger partial charge in [-0.05, 0) is 12.8 Å². The Morgan fingerprint density at radius 3 is 2.81 bits per heavy atom. The number of H-pyrrole nitrogens is 1. The summed E-state index contributed by atoms with van der Waals surface area (Å²) < 4.78 is 9.31.